The van der Waals surface area contributed by atoms with Gasteiger partial charge in [0.15, 0.2) is 17.2 Å². The Bertz CT molecular complexity index is 1410. The zero-order valence-corrected chi connectivity index (χ0v) is 21.5. The van der Waals surface area contributed by atoms with Gasteiger partial charge in [-0.05, 0) is 31.9 Å². The van der Waals surface area contributed by atoms with Crippen LogP contribution in [0.3, 0.4) is 0 Å². The first kappa shape index (κ1) is 27.3. The fourth-order valence-corrected chi connectivity index (χ4v) is 5.70. The molecule has 0 bridgehead atoms. The third-order valence-corrected chi connectivity index (χ3v) is 7.99. The lowest BCUT2D eigenvalue weighted by Gasteiger charge is -2.32. The summed E-state index contributed by atoms with van der Waals surface area (Å²) in [4.78, 5) is 24.1. The first-order valence-corrected chi connectivity index (χ1v) is 12.4. The van der Waals surface area contributed by atoms with Gasteiger partial charge >= 0.3 is 12.1 Å². The summed E-state index contributed by atoms with van der Waals surface area (Å²) in [5, 5.41) is 3.17. The summed E-state index contributed by atoms with van der Waals surface area (Å²) in [5.41, 5.74) is -1.21. The Hall–Kier alpha value is -3.32. The topological polar surface area (TPSA) is 98.4 Å². The van der Waals surface area contributed by atoms with Crippen molar-refractivity contribution in [1.82, 2.24) is 20.3 Å². The molecule has 0 aliphatic carbocycles. The number of carbonyl (C=O) groups excluding carboxylic acids is 1. The molecule has 2 aliphatic heterocycles. The van der Waals surface area contributed by atoms with Gasteiger partial charge in [0.25, 0.3) is 0 Å². The van der Waals surface area contributed by atoms with Crippen molar-refractivity contribution in [3.63, 3.8) is 0 Å². The van der Waals surface area contributed by atoms with Crippen LogP contribution in [0.2, 0.25) is 0 Å². The maximum atomic E-state index is 14.7. The zero-order valence-electron chi connectivity index (χ0n) is 21.5. The summed E-state index contributed by atoms with van der Waals surface area (Å²) < 4.78 is 87.3. The Morgan fingerprint density at radius 1 is 1.18 bits per heavy atom. The molecule has 210 valence electrons. The maximum Gasteiger partial charge on any atom is 0.417 e. The van der Waals surface area contributed by atoms with E-state index in [0.717, 1.165) is 20.1 Å². The lowest BCUT2D eigenvalue weighted by molar-refractivity contribution is -0.275. The van der Waals surface area contributed by atoms with Gasteiger partial charge in [0.05, 0.1) is 31.5 Å². The molecular formula is C26H27F5N4O4. The molecule has 3 aromatic rings. The molecule has 0 spiro atoms. The normalized spacial score (nSPS) is 29.2. The standard InChI is InChI=1S/C26H27F5N4O4/c1-11-17(12-5-6-13(27)18(28)21(12)37-3)22(39-25(11,2)26(29,30)31)23-34-15-9-10-32-19(20(15)35-23)14-7-8-16(33-14)24(36)38-4/h5-6,9-11,14,16-17,22,33H,7-8H2,1-4H3,(H,34,35)/t11-,14?,16?,17-,22?,25+/m0/s1. The minimum Gasteiger partial charge on any atom is -0.493 e. The van der Waals surface area contributed by atoms with E-state index in [9.17, 15) is 26.7 Å². The minimum absolute atomic E-state index is 0.0269. The predicted octanol–water partition coefficient (Wildman–Crippen LogP) is 5.02. The molecule has 0 radical (unpaired) electrons. The van der Waals surface area contributed by atoms with Crippen molar-refractivity contribution in [3.05, 3.63) is 53.1 Å². The third kappa shape index (κ3) is 4.31. The van der Waals surface area contributed by atoms with E-state index in [0.29, 0.717) is 29.6 Å². The number of methoxy groups -OCH3 is 2. The Kier molecular flexibility index (Phi) is 6.78. The number of H-pyrrole nitrogens is 1. The van der Waals surface area contributed by atoms with Crippen molar-refractivity contribution in [3.8, 4) is 5.75 Å². The Balaban J connectivity index is 1.61. The van der Waals surface area contributed by atoms with Crippen LogP contribution in [0, 0.1) is 17.6 Å². The number of alkyl halides is 3. The fraction of sp³-hybridized carbons (Fsp3) is 0.500. The van der Waals surface area contributed by atoms with Gasteiger partial charge in [-0.3, -0.25) is 15.1 Å². The summed E-state index contributed by atoms with van der Waals surface area (Å²) >= 11 is 0. The predicted molar refractivity (Wildman–Crippen MR) is 128 cm³/mol. The average molecular weight is 555 g/mol. The van der Waals surface area contributed by atoms with E-state index < -0.39 is 59.1 Å². The summed E-state index contributed by atoms with van der Waals surface area (Å²) in [5.74, 6) is -5.66. The van der Waals surface area contributed by atoms with E-state index in [1.54, 1.807) is 6.07 Å². The molecule has 4 heterocycles. The van der Waals surface area contributed by atoms with Gasteiger partial charge in [-0.2, -0.15) is 17.6 Å². The van der Waals surface area contributed by atoms with E-state index in [1.807, 2.05) is 0 Å². The van der Waals surface area contributed by atoms with Crippen LogP contribution in [-0.4, -0.2) is 53.0 Å². The van der Waals surface area contributed by atoms with Crippen molar-refractivity contribution in [2.24, 2.45) is 5.92 Å². The lowest BCUT2D eigenvalue weighted by atomic mass is 9.77. The van der Waals surface area contributed by atoms with E-state index in [4.69, 9.17) is 14.2 Å². The second-order valence-corrected chi connectivity index (χ2v) is 10.0. The molecule has 3 unspecified atom stereocenters. The number of benzene rings is 1. The number of ether oxygens (including phenoxy) is 3. The number of rotatable bonds is 5. The van der Waals surface area contributed by atoms with Gasteiger partial charge in [0.1, 0.15) is 23.5 Å². The molecule has 8 nitrogen and oxygen atoms in total. The van der Waals surface area contributed by atoms with Crippen LogP contribution in [0.1, 0.15) is 61.8 Å². The van der Waals surface area contributed by atoms with Crippen LogP contribution in [0.25, 0.3) is 11.0 Å². The second kappa shape index (κ2) is 9.70. The molecule has 2 aromatic heterocycles. The van der Waals surface area contributed by atoms with Crippen LogP contribution in [-0.2, 0) is 14.3 Å². The number of aromatic nitrogens is 3. The number of aromatic amines is 1. The van der Waals surface area contributed by atoms with Crippen molar-refractivity contribution >= 4 is 17.0 Å². The molecule has 1 aromatic carbocycles. The first-order valence-electron chi connectivity index (χ1n) is 12.4. The number of hydrogen-bond acceptors (Lipinski definition) is 7. The Labute approximate surface area is 220 Å². The summed E-state index contributed by atoms with van der Waals surface area (Å²) in [6.45, 7) is 2.28. The van der Waals surface area contributed by atoms with Crippen LogP contribution < -0.4 is 10.1 Å². The van der Waals surface area contributed by atoms with Crippen LogP contribution in [0.4, 0.5) is 22.0 Å². The number of halogens is 5. The number of hydrogen-bond donors (Lipinski definition) is 2. The number of pyridine rings is 1. The molecule has 2 N–H and O–H groups in total. The maximum absolute atomic E-state index is 14.7. The van der Waals surface area contributed by atoms with Crippen LogP contribution in [0.15, 0.2) is 24.4 Å². The monoisotopic (exact) mass is 554 g/mol. The van der Waals surface area contributed by atoms with Gasteiger partial charge in [0.2, 0.25) is 5.82 Å². The largest absolute Gasteiger partial charge is 0.493 e. The number of nitrogens with one attached hydrogen (secondary N) is 2. The average Bonchev–Trinajstić information content (AvgIpc) is 3.62. The smallest absolute Gasteiger partial charge is 0.417 e. The van der Waals surface area contributed by atoms with E-state index in [1.165, 1.54) is 26.3 Å². The highest BCUT2D eigenvalue weighted by atomic mass is 19.4. The number of esters is 1. The molecule has 2 saturated heterocycles. The van der Waals surface area contributed by atoms with E-state index in [-0.39, 0.29) is 17.4 Å². The fourth-order valence-electron chi connectivity index (χ4n) is 5.70. The number of imidazole rings is 1. The highest BCUT2D eigenvalue weighted by molar-refractivity contribution is 5.79. The van der Waals surface area contributed by atoms with Gasteiger partial charge in [-0.1, -0.05) is 13.0 Å². The van der Waals surface area contributed by atoms with Crippen LogP contribution in [0.5, 0.6) is 5.75 Å². The molecule has 2 aliphatic rings. The van der Waals surface area contributed by atoms with E-state index in [2.05, 4.69) is 20.3 Å². The number of nitrogens with zero attached hydrogens (tertiary/aromatic N) is 2. The Morgan fingerprint density at radius 2 is 1.92 bits per heavy atom. The van der Waals surface area contributed by atoms with Crippen molar-refractivity contribution in [2.75, 3.05) is 14.2 Å². The lowest BCUT2D eigenvalue weighted by Crippen LogP contribution is -2.46. The quantitative estimate of drug-likeness (QED) is 0.338. The van der Waals surface area contributed by atoms with Gasteiger partial charge in [0, 0.05) is 23.6 Å². The summed E-state index contributed by atoms with van der Waals surface area (Å²) in [7, 11) is 2.42. The molecular weight excluding hydrogens is 527 g/mol. The van der Waals surface area contributed by atoms with Crippen molar-refractivity contribution in [1.29, 1.82) is 0 Å². The highest BCUT2D eigenvalue weighted by Gasteiger charge is 2.65. The van der Waals surface area contributed by atoms with Gasteiger partial charge in [-0.25, -0.2) is 9.37 Å². The molecule has 39 heavy (non-hydrogen) atoms. The van der Waals surface area contributed by atoms with Crippen LogP contribution >= 0.6 is 0 Å². The first-order chi connectivity index (χ1) is 18.4. The van der Waals surface area contributed by atoms with Gasteiger partial charge in [-0.15, -0.1) is 0 Å². The number of fused-ring (bicyclic) bond motifs is 1. The van der Waals surface area contributed by atoms with Crippen molar-refractivity contribution < 1.29 is 41.0 Å². The van der Waals surface area contributed by atoms with Crippen molar-refractivity contribution in [2.45, 2.75) is 62.6 Å². The molecule has 0 amide bonds. The van der Waals surface area contributed by atoms with Gasteiger partial charge < -0.3 is 19.2 Å². The summed E-state index contributed by atoms with van der Waals surface area (Å²) in [6.07, 6.45) is -3.49. The molecule has 13 heteroatoms. The molecule has 6 atom stereocenters. The number of carbonyl (C=O) groups is 1. The van der Waals surface area contributed by atoms with E-state index >= 15 is 0 Å². The zero-order chi connectivity index (χ0) is 28.3. The highest BCUT2D eigenvalue weighted by Crippen LogP contribution is 2.59. The second-order valence-electron chi connectivity index (χ2n) is 10.0. The molecule has 0 saturated carbocycles. The SMILES string of the molecule is COC(=O)C1CCC(c2nccc3[nH]c(C4O[C@@](C)(C(F)(F)F)[C@@H](C)[C@H]4c4ccc(F)c(F)c4OC)nc23)N1. The molecule has 5 rings (SSSR count). The third-order valence-electron chi connectivity index (χ3n) is 7.99. The Morgan fingerprint density at radius 3 is 2.59 bits per heavy atom. The summed E-state index contributed by atoms with van der Waals surface area (Å²) in [6, 6.07) is 2.81. The minimum atomic E-state index is -4.78. The molecule has 2 fully saturated rings.